The second-order valence-electron chi connectivity index (χ2n) is 7.38. The lowest BCUT2D eigenvalue weighted by molar-refractivity contribution is -0.122. The van der Waals surface area contributed by atoms with Crippen LogP contribution in [0.15, 0.2) is 48.5 Å². The van der Waals surface area contributed by atoms with Gasteiger partial charge in [0.05, 0.1) is 5.69 Å². The first-order chi connectivity index (χ1) is 14.1. The van der Waals surface area contributed by atoms with Crippen molar-refractivity contribution in [1.82, 2.24) is 5.32 Å². The molecule has 1 unspecified atom stereocenters. The summed E-state index contributed by atoms with van der Waals surface area (Å²) in [6.45, 7) is 1.79. The summed E-state index contributed by atoms with van der Waals surface area (Å²) in [6, 6.07) is 13.9. The molecule has 0 bridgehead atoms. The van der Waals surface area contributed by atoms with E-state index in [0.717, 1.165) is 25.1 Å². The van der Waals surface area contributed by atoms with E-state index < -0.39 is 0 Å². The smallest absolute Gasteiger partial charge is 0.265 e. The van der Waals surface area contributed by atoms with Crippen molar-refractivity contribution >= 4 is 23.2 Å². The average Bonchev–Trinajstić information content (AvgIpc) is 2.73. The highest BCUT2D eigenvalue weighted by Crippen LogP contribution is 2.31. The summed E-state index contributed by atoms with van der Waals surface area (Å²) in [5, 5.41) is 3.07. The molecule has 1 saturated heterocycles. The Morgan fingerprint density at radius 3 is 2.93 bits per heavy atom. The van der Waals surface area contributed by atoms with Gasteiger partial charge >= 0.3 is 0 Å². The standard InChI is InChI=1S/C22H24FN3O3/c23-16-5-3-7-18(13-16)25-11-4-6-17(14-25)24-21(27)10-12-26-19-8-1-2-9-20(19)29-15-22(26)28/h1-3,5,7-9,13,17H,4,6,10-12,14-15H2,(H,24,27). The molecule has 2 amide bonds. The number of rotatable bonds is 5. The highest BCUT2D eigenvalue weighted by molar-refractivity contribution is 5.98. The molecule has 0 spiro atoms. The Balaban J connectivity index is 1.32. The van der Waals surface area contributed by atoms with E-state index in [4.69, 9.17) is 4.74 Å². The van der Waals surface area contributed by atoms with Crippen LogP contribution in [0.4, 0.5) is 15.8 Å². The molecule has 0 aliphatic carbocycles. The van der Waals surface area contributed by atoms with E-state index >= 15 is 0 Å². The Bertz CT molecular complexity index is 904. The number of carbonyl (C=O) groups is 2. The van der Waals surface area contributed by atoms with Crippen molar-refractivity contribution < 1.29 is 18.7 Å². The maximum absolute atomic E-state index is 13.5. The molecule has 0 saturated carbocycles. The van der Waals surface area contributed by atoms with Crippen LogP contribution in [0.3, 0.4) is 0 Å². The quantitative estimate of drug-likeness (QED) is 0.843. The van der Waals surface area contributed by atoms with Crippen LogP contribution in [-0.2, 0) is 9.59 Å². The number of fused-ring (bicyclic) bond motifs is 1. The lowest BCUT2D eigenvalue weighted by Gasteiger charge is -2.35. The topological polar surface area (TPSA) is 61.9 Å². The number of nitrogens with zero attached hydrogens (tertiary/aromatic N) is 2. The van der Waals surface area contributed by atoms with Crippen LogP contribution in [-0.4, -0.2) is 44.1 Å². The van der Waals surface area contributed by atoms with Crippen molar-refractivity contribution in [3.63, 3.8) is 0 Å². The fourth-order valence-electron chi connectivity index (χ4n) is 3.91. The largest absolute Gasteiger partial charge is 0.482 e. The van der Waals surface area contributed by atoms with Gasteiger partial charge in [0.2, 0.25) is 5.91 Å². The summed E-state index contributed by atoms with van der Waals surface area (Å²) in [7, 11) is 0. The van der Waals surface area contributed by atoms with Gasteiger partial charge < -0.3 is 19.9 Å². The van der Waals surface area contributed by atoms with Gasteiger partial charge in [0, 0.05) is 37.8 Å². The fraction of sp³-hybridized carbons (Fsp3) is 0.364. The van der Waals surface area contributed by atoms with Gasteiger partial charge in [-0.05, 0) is 43.2 Å². The van der Waals surface area contributed by atoms with Crippen LogP contribution in [0.25, 0.3) is 0 Å². The number of ether oxygens (including phenoxy) is 1. The number of anilines is 2. The molecular weight excluding hydrogens is 373 g/mol. The summed E-state index contributed by atoms with van der Waals surface area (Å²) in [6.07, 6.45) is 2.03. The van der Waals surface area contributed by atoms with E-state index in [9.17, 15) is 14.0 Å². The minimum absolute atomic E-state index is 0.00666. The minimum Gasteiger partial charge on any atom is -0.482 e. The minimum atomic E-state index is -0.260. The first-order valence-corrected chi connectivity index (χ1v) is 9.92. The first kappa shape index (κ1) is 19.2. The third-order valence-electron chi connectivity index (χ3n) is 5.33. The van der Waals surface area contributed by atoms with E-state index in [1.807, 2.05) is 30.3 Å². The molecule has 1 atom stereocenters. The first-order valence-electron chi connectivity index (χ1n) is 9.92. The van der Waals surface area contributed by atoms with E-state index in [1.54, 1.807) is 11.0 Å². The van der Waals surface area contributed by atoms with Crippen molar-refractivity contribution in [3.05, 3.63) is 54.3 Å². The number of para-hydroxylation sites is 2. The number of piperidine rings is 1. The monoisotopic (exact) mass is 397 g/mol. The third kappa shape index (κ3) is 4.50. The number of nitrogens with one attached hydrogen (secondary N) is 1. The summed E-state index contributed by atoms with van der Waals surface area (Å²) >= 11 is 0. The molecule has 1 N–H and O–H groups in total. The maximum atomic E-state index is 13.5. The number of hydrogen-bond acceptors (Lipinski definition) is 4. The van der Waals surface area contributed by atoms with Gasteiger partial charge in [-0.2, -0.15) is 0 Å². The number of benzene rings is 2. The van der Waals surface area contributed by atoms with Crippen molar-refractivity contribution in [3.8, 4) is 5.75 Å². The molecule has 6 nitrogen and oxygen atoms in total. The molecule has 0 radical (unpaired) electrons. The lowest BCUT2D eigenvalue weighted by Crippen LogP contribution is -2.48. The van der Waals surface area contributed by atoms with Crippen LogP contribution in [0.2, 0.25) is 0 Å². The van der Waals surface area contributed by atoms with E-state index in [-0.39, 0.29) is 36.7 Å². The molecule has 2 aliphatic rings. The normalized spacial score (nSPS) is 18.8. The Morgan fingerprint density at radius 1 is 1.21 bits per heavy atom. The highest BCUT2D eigenvalue weighted by Gasteiger charge is 2.26. The van der Waals surface area contributed by atoms with Gasteiger partial charge in [0.1, 0.15) is 11.6 Å². The predicted molar refractivity (Wildman–Crippen MR) is 109 cm³/mol. The molecule has 7 heteroatoms. The highest BCUT2D eigenvalue weighted by atomic mass is 19.1. The van der Waals surface area contributed by atoms with E-state index in [2.05, 4.69) is 10.2 Å². The van der Waals surface area contributed by atoms with Gasteiger partial charge in [0.25, 0.3) is 5.91 Å². The van der Waals surface area contributed by atoms with Crippen molar-refractivity contribution in [2.24, 2.45) is 0 Å². The Labute approximate surface area is 169 Å². The molecular formula is C22H24FN3O3. The number of carbonyl (C=O) groups excluding carboxylic acids is 2. The van der Waals surface area contributed by atoms with Gasteiger partial charge in [-0.3, -0.25) is 9.59 Å². The SMILES string of the molecule is O=C(CCN1C(=O)COc2ccccc21)NC1CCCN(c2cccc(F)c2)C1. The number of halogens is 1. The van der Waals surface area contributed by atoms with Crippen LogP contribution in [0, 0.1) is 5.82 Å². The molecule has 1 fully saturated rings. The predicted octanol–water partition coefficient (Wildman–Crippen LogP) is 2.73. The molecule has 4 rings (SSSR count). The molecule has 29 heavy (non-hydrogen) atoms. The van der Waals surface area contributed by atoms with Gasteiger partial charge in [-0.15, -0.1) is 0 Å². The van der Waals surface area contributed by atoms with Crippen molar-refractivity contribution in [2.75, 3.05) is 36.0 Å². The zero-order valence-electron chi connectivity index (χ0n) is 16.1. The summed E-state index contributed by atoms with van der Waals surface area (Å²) in [5.41, 5.74) is 1.53. The van der Waals surface area contributed by atoms with Crippen LogP contribution in [0.1, 0.15) is 19.3 Å². The van der Waals surface area contributed by atoms with Crippen LogP contribution < -0.4 is 19.9 Å². The average molecular weight is 397 g/mol. The maximum Gasteiger partial charge on any atom is 0.265 e. The lowest BCUT2D eigenvalue weighted by atomic mass is 10.0. The van der Waals surface area contributed by atoms with E-state index in [0.29, 0.717) is 24.5 Å². The molecule has 152 valence electrons. The summed E-state index contributed by atoms with van der Waals surface area (Å²) < 4.78 is 18.9. The molecule has 2 heterocycles. The van der Waals surface area contributed by atoms with Crippen molar-refractivity contribution in [1.29, 1.82) is 0 Å². The molecule has 2 aliphatic heterocycles. The Hall–Kier alpha value is -3.09. The summed E-state index contributed by atoms with van der Waals surface area (Å²) in [5.74, 6) is 0.161. The fourth-order valence-corrected chi connectivity index (χ4v) is 3.91. The van der Waals surface area contributed by atoms with Crippen LogP contribution in [0.5, 0.6) is 5.75 Å². The summed E-state index contributed by atoms with van der Waals surface area (Å²) in [4.78, 5) is 28.4. The van der Waals surface area contributed by atoms with Gasteiger partial charge in [-0.1, -0.05) is 18.2 Å². The van der Waals surface area contributed by atoms with E-state index in [1.165, 1.54) is 12.1 Å². The number of amides is 2. The molecule has 2 aromatic rings. The zero-order chi connectivity index (χ0) is 20.2. The Morgan fingerprint density at radius 2 is 2.07 bits per heavy atom. The zero-order valence-corrected chi connectivity index (χ0v) is 16.1. The molecule has 2 aromatic carbocycles. The third-order valence-corrected chi connectivity index (χ3v) is 5.33. The van der Waals surface area contributed by atoms with Gasteiger partial charge in [0.15, 0.2) is 6.61 Å². The van der Waals surface area contributed by atoms with Crippen LogP contribution >= 0.6 is 0 Å². The second-order valence-corrected chi connectivity index (χ2v) is 7.38. The van der Waals surface area contributed by atoms with Gasteiger partial charge in [-0.25, -0.2) is 4.39 Å². The molecule has 0 aromatic heterocycles. The van der Waals surface area contributed by atoms with Crippen molar-refractivity contribution in [2.45, 2.75) is 25.3 Å². The number of hydrogen-bond donors (Lipinski definition) is 1. The Kier molecular flexibility index (Phi) is 5.64. The second kappa shape index (κ2) is 8.51.